The molecule has 0 amide bonds. The lowest BCUT2D eigenvalue weighted by atomic mass is 10.3. The lowest BCUT2D eigenvalue weighted by Gasteiger charge is -2.32. The molecule has 1 heterocycles. The van der Waals surface area contributed by atoms with Gasteiger partial charge in [-0.2, -0.15) is 0 Å². The average Bonchev–Trinajstić information content (AvgIpc) is 2.44. The van der Waals surface area contributed by atoms with Crippen LogP contribution in [0.3, 0.4) is 0 Å². The number of rotatable bonds is 8. The Morgan fingerprint density at radius 2 is 1.68 bits per heavy atom. The Morgan fingerprint density at radius 3 is 2.26 bits per heavy atom. The van der Waals surface area contributed by atoms with Gasteiger partial charge in [0.2, 0.25) is 0 Å². The van der Waals surface area contributed by atoms with Crippen molar-refractivity contribution in [3.63, 3.8) is 0 Å². The maximum Gasteiger partial charge on any atom is 0.0110 e. The van der Waals surface area contributed by atoms with E-state index in [2.05, 4.69) is 41.0 Å². The van der Waals surface area contributed by atoms with E-state index in [0.29, 0.717) is 0 Å². The molecule has 1 aliphatic heterocycles. The van der Waals surface area contributed by atoms with Gasteiger partial charge in [-0.05, 0) is 40.2 Å². The first-order valence-electron chi connectivity index (χ1n) is 8.02. The molecule has 0 aromatic heterocycles. The minimum Gasteiger partial charge on any atom is -0.316 e. The molecule has 0 aliphatic carbocycles. The quantitative estimate of drug-likeness (QED) is 0.670. The number of hydrogen-bond donors (Lipinski definition) is 1. The standard InChI is InChI=1S/C13H30N4.C2H6/c1-4-14-6-9-15(2)7-5-8-17-12-10-16(3)11-13-17;1-2/h14H,4-13H2,1-3H3;1-2H3. The Hall–Kier alpha value is -0.160. The van der Waals surface area contributed by atoms with Crippen LogP contribution in [0.5, 0.6) is 0 Å². The van der Waals surface area contributed by atoms with Gasteiger partial charge in [-0.3, -0.25) is 0 Å². The van der Waals surface area contributed by atoms with Crippen molar-refractivity contribution < 1.29 is 0 Å². The van der Waals surface area contributed by atoms with E-state index in [1.807, 2.05) is 13.8 Å². The van der Waals surface area contributed by atoms with E-state index in [9.17, 15) is 0 Å². The molecule has 0 spiro atoms. The van der Waals surface area contributed by atoms with E-state index in [0.717, 1.165) is 19.6 Å². The van der Waals surface area contributed by atoms with E-state index >= 15 is 0 Å². The van der Waals surface area contributed by atoms with Crippen molar-refractivity contribution in [1.82, 2.24) is 20.0 Å². The lowest BCUT2D eigenvalue weighted by Crippen LogP contribution is -2.45. The zero-order valence-corrected chi connectivity index (χ0v) is 13.9. The number of hydrogen-bond acceptors (Lipinski definition) is 4. The molecule has 1 N–H and O–H groups in total. The van der Waals surface area contributed by atoms with Crippen molar-refractivity contribution >= 4 is 0 Å². The fourth-order valence-electron chi connectivity index (χ4n) is 2.19. The van der Waals surface area contributed by atoms with Crippen LogP contribution in [0.15, 0.2) is 0 Å². The van der Waals surface area contributed by atoms with Gasteiger partial charge < -0.3 is 20.0 Å². The van der Waals surface area contributed by atoms with Crippen molar-refractivity contribution in [2.75, 3.05) is 73.0 Å². The fourth-order valence-corrected chi connectivity index (χ4v) is 2.19. The smallest absolute Gasteiger partial charge is 0.0110 e. The predicted molar refractivity (Wildman–Crippen MR) is 85.9 cm³/mol. The number of piperazine rings is 1. The van der Waals surface area contributed by atoms with Crippen molar-refractivity contribution in [3.05, 3.63) is 0 Å². The van der Waals surface area contributed by atoms with Crippen LogP contribution >= 0.6 is 0 Å². The van der Waals surface area contributed by atoms with E-state index < -0.39 is 0 Å². The molecule has 0 aromatic carbocycles. The largest absolute Gasteiger partial charge is 0.316 e. The molecular weight excluding hydrogens is 236 g/mol. The summed E-state index contributed by atoms with van der Waals surface area (Å²) in [4.78, 5) is 7.44. The minimum absolute atomic E-state index is 1.08. The second-order valence-electron chi connectivity index (χ2n) is 5.16. The summed E-state index contributed by atoms with van der Waals surface area (Å²) in [5.74, 6) is 0. The molecule has 116 valence electrons. The van der Waals surface area contributed by atoms with Gasteiger partial charge in [-0.25, -0.2) is 0 Å². The Morgan fingerprint density at radius 1 is 1.05 bits per heavy atom. The van der Waals surface area contributed by atoms with Crippen LogP contribution in [0.1, 0.15) is 27.2 Å². The van der Waals surface area contributed by atoms with Crippen LogP contribution in [0.25, 0.3) is 0 Å². The maximum atomic E-state index is 3.37. The number of nitrogens with one attached hydrogen (secondary N) is 1. The van der Waals surface area contributed by atoms with Crippen LogP contribution in [0, 0.1) is 0 Å². The van der Waals surface area contributed by atoms with Crippen molar-refractivity contribution in [3.8, 4) is 0 Å². The van der Waals surface area contributed by atoms with Crippen molar-refractivity contribution in [2.45, 2.75) is 27.2 Å². The Labute approximate surface area is 121 Å². The molecule has 0 bridgehead atoms. The highest BCUT2D eigenvalue weighted by molar-refractivity contribution is 4.69. The summed E-state index contributed by atoms with van der Waals surface area (Å²) in [6.07, 6.45) is 1.30. The monoisotopic (exact) mass is 272 g/mol. The van der Waals surface area contributed by atoms with Crippen LogP contribution in [0.2, 0.25) is 0 Å². The average molecular weight is 272 g/mol. The van der Waals surface area contributed by atoms with Crippen LogP contribution in [-0.4, -0.2) is 87.7 Å². The van der Waals surface area contributed by atoms with Gasteiger partial charge in [0.05, 0.1) is 0 Å². The van der Waals surface area contributed by atoms with Crippen LogP contribution in [-0.2, 0) is 0 Å². The van der Waals surface area contributed by atoms with E-state index in [1.165, 1.54) is 45.7 Å². The van der Waals surface area contributed by atoms with Crippen molar-refractivity contribution in [2.24, 2.45) is 0 Å². The third-order valence-corrected chi connectivity index (χ3v) is 3.53. The van der Waals surface area contributed by atoms with E-state index in [4.69, 9.17) is 0 Å². The number of nitrogens with zero attached hydrogens (tertiary/aromatic N) is 3. The first kappa shape index (κ1) is 18.8. The summed E-state index contributed by atoms with van der Waals surface area (Å²) in [5, 5.41) is 3.37. The van der Waals surface area contributed by atoms with Gasteiger partial charge >= 0.3 is 0 Å². The van der Waals surface area contributed by atoms with E-state index in [1.54, 1.807) is 0 Å². The van der Waals surface area contributed by atoms with E-state index in [-0.39, 0.29) is 0 Å². The first-order chi connectivity index (χ1) is 9.22. The van der Waals surface area contributed by atoms with Gasteiger partial charge in [0.15, 0.2) is 0 Å². The molecule has 0 radical (unpaired) electrons. The summed E-state index contributed by atoms with van der Waals surface area (Å²) in [6.45, 7) is 17.0. The van der Waals surface area contributed by atoms with Gasteiger partial charge in [0.25, 0.3) is 0 Å². The number of likely N-dealkylation sites (N-methyl/N-ethyl adjacent to an activating group) is 3. The molecule has 19 heavy (non-hydrogen) atoms. The Balaban J connectivity index is 0.00000154. The highest BCUT2D eigenvalue weighted by Crippen LogP contribution is 2.00. The summed E-state index contributed by atoms with van der Waals surface area (Å²) in [5.41, 5.74) is 0. The predicted octanol–water partition coefficient (Wildman–Crippen LogP) is 1.19. The van der Waals surface area contributed by atoms with Gasteiger partial charge in [0.1, 0.15) is 0 Å². The summed E-state index contributed by atoms with van der Waals surface area (Å²) in [7, 11) is 4.44. The topological polar surface area (TPSA) is 21.8 Å². The summed E-state index contributed by atoms with van der Waals surface area (Å²) >= 11 is 0. The normalized spacial score (nSPS) is 17.4. The molecular formula is C15H36N4. The van der Waals surface area contributed by atoms with Crippen LogP contribution in [0.4, 0.5) is 0 Å². The van der Waals surface area contributed by atoms with Gasteiger partial charge in [-0.1, -0.05) is 20.8 Å². The molecule has 1 fully saturated rings. The molecule has 1 saturated heterocycles. The zero-order valence-electron chi connectivity index (χ0n) is 13.9. The third kappa shape index (κ3) is 10.3. The van der Waals surface area contributed by atoms with Crippen LogP contribution < -0.4 is 5.32 Å². The fraction of sp³-hybridized carbons (Fsp3) is 1.00. The third-order valence-electron chi connectivity index (χ3n) is 3.53. The molecule has 0 saturated carbocycles. The molecule has 0 atom stereocenters. The summed E-state index contributed by atoms with van der Waals surface area (Å²) in [6, 6.07) is 0. The van der Waals surface area contributed by atoms with Gasteiger partial charge in [-0.15, -0.1) is 0 Å². The second-order valence-corrected chi connectivity index (χ2v) is 5.16. The Kier molecular flexibility index (Phi) is 12.7. The summed E-state index contributed by atoms with van der Waals surface area (Å²) < 4.78 is 0. The molecule has 4 heteroatoms. The molecule has 0 unspecified atom stereocenters. The van der Waals surface area contributed by atoms with Gasteiger partial charge in [0, 0.05) is 39.3 Å². The Bertz CT molecular complexity index is 179. The molecule has 4 nitrogen and oxygen atoms in total. The second kappa shape index (κ2) is 12.9. The first-order valence-corrected chi connectivity index (χ1v) is 8.02. The lowest BCUT2D eigenvalue weighted by molar-refractivity contribution is 0.148. The molecule has 0 aromatic rings. The van der Waals surface area contributed by atoms with Crippen molar-refractivity contribution in [1.29, 1.82) is 0 Å². The molecule has 1 rings (SSSR count). The minimum atomic E-state index is 1.08. The zero-order chi connectivity index (χ0) is 14.5. The highest BCUT2D eigenvalue weighted by atomic mass is 15.2. The SMILES string of the molecule is CC.CCNCCN(C)CCCN1CCN(C)CC1. The maximum absolute atomic E-state index is 3.37. The highest BCUT2D eigenvalue weighted by Gasteiger charge is 2.12. The molecule has 1 aliphatic rings.